The van der Waals surface area contributed by atoms with Gasteiger partial charge in [0.25, 0.3) is 0 Å². The number of nitrogens with zero attached hydrogens (tertiary/aromatic N) is 1. The second kappa shape index (κ2) is 8.34. The smallest absolute Gasteiger partial charge is 0.240 e. The van der Waals surface area contributed by atoms with Gasteiger partial charge in [0, 0.05) is 16.5 Å². The maximum atomic E-state index is 11.8. The number of hydrogen-bond acceptors (Lipinski definition) is 3. The molecule has 0 aliphatic heterocycles. The van der Waals surface area contributed by atoms with Crippen LogP contribution in [0.5, 0.6) is 5.75 Å². The molecular formula is C17H17BrN2O2. The molecule has 0 aliphatic carbocycles. The highest BCUT2D eigenvalue weighted by molar-refractivity contribution is 9.10. The molecule has 4 nitrogen and oxygen atoms in total. The van der Waals surface area contributed by atoms with Crippen LogP contribution < -0.4 is 10.2 Å². The van der Waals surface area contributed by atoms with Gasteiger partial charge in [0.2, 0.25) is 5.91 Å². The average Bonchev–Trinajstić information content (AvgIpc) is 2.54. The van der Waals surface area contributed by atoms with Crippen LogP contribution in [0.4, 0.5) is 0 Å². The van der Waals surface area contributed by atoms with Gasteiger partial charge in [0.15, 0.2) is 0 Å². The number of benzene rings is 2. The van der Waals surface area contributed by atoms with Gasteiger partial charge in [0.05, 0.1) is 13.3 Å². The molecule has 0 aliphatic rings. The number of rotatable bonds is 6. The minimum absolute atomic E-state index is 0.117. The molecular weight excluding hydrogens is 344 g/mol. The van der Waals surface area contributed by atoms with E-state index < -0.39 is 0 Å². The Morgan fingerprint density at radius 1 is 1.27 bits per heavy atom. The molecule has 1 N–H and O–H groups in total. The first-order chi connectivity index (χ1) is 10.7. The number of carbonyl (C=O) groups is 1. The zero-order valence-electron chi connectivity index (χ0n) is 12.3. The van der Waals surface area contributed by atoms with Gasteiger partial charge in [-0.15, -0.1) is 0 Å². The SMILES string of the molecule is COc1ccc(Br)cc1/C=N/NC(=O)CCc1ccccc1. The van der Waals surface area contributed by atoms with Crippen molar-refractivity contribution >= 4 is 28.1 Å². The summed E-state index contributed by atoms with van der Waals surface area (Å²) < 4.78 is 6.16. The molecule has 0 atom stereocenters. The van der Waals surface area contributed by atoms with Gasteiger partial charge in [-0.3, -0.25) is 4.79 Å². The summed E-state index contributed by atoms with van der Waals surface area (Å²) in [5.74, 6) is 0.583. The van der Waals surface area contributed by atoms with Crippen LogP contribution in [-0.4, -0.2) is 19.2 Å². The van der Waals surface area contributed by atoms with Crippen LogP contribution in [0.25, 0.3) is 0 Å². The van der Waals surface area contributed by atoms with Crippen molar-refractivity contribution in [1.29, 1.82) is 0 Å². The third kappa shape index (κ3) is 5.00. The van der Waals surface area contributed by atoms with E-state index in [0.717, 1.165) is 15.6 Å². The fourth-order valence-corrected chi connectivity index (χ4v) is 2.32. The predicted molar refractivity (Wildman–Crippen MR) is 91.2 cm³/mol. The highest BCUT2D eigenvalue weighted by atomic mass is 79.9. The molecule has 0 unspecified atom stereocenters. The zero-order valence-corrected chi connectivity index (χ0v) is 13.8. The lowest BCUT2D eigenvalue weighted by atomic mass is 10.1. The van der Waals surface area contributed by atoms with Gasteiger partial charge in [0.1, 0.15) is 5.75 Å². The van der Waals surface area contributed by atoms with Crippen molar-refractivity contribution in [1.82, 2.24) is 5.43 Å². The Kier molecular flexibility index (Phi) is 6.15. The molecule has 1 amide bonds. The van der Waals surface area contributed by atoms with E-state index in [1.165, 1.54) is 0 Å². The highest BCUT2D eigenvalue weighted by Gasteiger charge is 2.02. The van der Waals surface area contributed by atoms with Gasteiger partial charge in [-0.25, -0.2) is 5.43 Å². The number of methoxy groups -OCH3 is 1. The number of ether oxygens (including phenoxy) is 1. The fourth-order valence-electron chi connectivity index (χ4n) is 1.94. The summed E-state index contributed by atoms with van der Waals surface area (Å²) >= 11 is 3.39. The van der Waals surface area contributed by atoms with Crippen LogP contribution >= 0.6 is 15.9 Å². The van der Waals surface area contributed by atoms with Crippen LogP contribution in [0.3, 0.4) is 0 Å². The normalized spacial score (nSPS) is 10.6. The summed E-state index contributed by atoms with van der Waals surface area (Å²) in [5, 5.41) is 3.98. The van der Waals surface area contributed by atoms with E-state index in [9.17, 15) is 4.79 Å². The minimum atomic E-state index is -0.117. The zero-order chi connectivity index (χ0) is 15.8. The lowest BCUT2D eigenvalue weighted by molar-refractivity contribution is -0.121. The summed E-state index contributed by atoms with van der Waals surface area (Å²) in [6, 6.07) is 15.5. The number of aryl methyl sites for hydroxylation is 1. The second-order valence-corrected chi connectivity index (χ2v) is 5.58. The molecule has 0 saturated carbocycles. The molecule has 114 valence electrons. The molecule has 2 rings (SSSR count). The molecule has 0 radical (unpaired) electrons. The molecule has 2 aromatic rings. The summed E-state index contributed by atoms with van der Waals surface area (Å²) in [5.41, 5.74) is 4.46. The lowest BCUT2D eigenvalue weighted by Crippen LogP contribution is -2.17. The number of halogens is 1. The van der Waals surface area contributed by atoms with Crippen molar-refractivity contribution in [2.45, 2.75) is 12.8 Å². The van der Waals surface area contributed by atoms with Crippen LogP contribution in [0.15, 0.2) is 58.1 Å². The Balaban J connectivity index is 1.87. The quantitative estimate of drug-likeness (QED) is 0.632. The standard InChI is InChI=1S/C17H17BrN2O2/c1-22-16-9-8-15(18)11-14(16)12-19-20-17(21)10-7-13-5-3-2-4-6-13/h2-6,8-9,11-12H,7,10H2,1H3,(H,20,21)/b19-12+. The van der Waals surface area contributed by atoms with Crippen LogP contribution in [0, 0.1) is 0 Å². The molecule has 5 heteroatoms. The van der Waals surface area contributed by atoms with Gasteiger partial charge in [-0.1, -0.05) is 46.3 Å². The van der Waals surface area contributed by atoms with E-state index in [-0.39, 0.29) is 5.91 Å². The average molecular weight is 361 g/mol. The summed E-state index contributed by atoms with van der Waals surface area (Å²) in [6.07, 6.45) is 2.67. The van der Waals surface area contributed by atoms with Gasteiger partial charge < -0.3 is 4.74 Å². The Hall–Kier alpha value is -2.14. The molecule has 0 spiro atoms. The van der Waals surface area contributed by atoms with Crippen molar-refractivity contribution < 1.29 is 9.53 Å². The van der Waals surface area contributed by atoms with Crippen LogP contribution in [0.2, 0.25) is 0 Å². The summed E-state index contributed by atoms with van der Waals surface area (Å²) in [7, 11) is 1.60. The molecule has 0 saturated heterocycles. The van der Waals surface area contributed by atoms with Crippen molar-refractivity contribution in [2.75, 3.05) is 7.11 Å². The topological polar surface area (TPSA) is 50.7 Å². The third-order valence-corrected chi connectivity index (χ3v) is 3.56. The maximum absolute atomic E-state index is 11.8. The second-order valence-electron chi connectivity index (χ2n) is 4.67. The first kappa shape index (κ1) is 16.2. The van der Waals surface area contributed by atoms with E-state index in [2.05, 4.69) is 26.5 Å². The Morgan fingerprint density at radius 3 is 2.77 bits per heavy atom. The molecule has 0 bridgehead atoms. The summed E-state index contributed by atoms with van der Waals surface area (Å²) in [6.45, 7) is 0. The number of carbonyl (C=O) groups excluding carboxylic acids is 1. The Labute approximate surface area is 138 Å². The third-order valence-electron chi connectivity index (χ3n) is 3.07. The largest absolute Gasteiger partial charge is 0.496 e. The van der Waals surface area contributed by atoms with Crippen molar-refractivity contribution in [3.63, 3.8) is 0 Å². The van der Waals surface area contributed by atoms with E-state index in [0.29, 0.717) is 18.6 Å². The molecule has 0 heterocycles. The summed E-state index contributed by atoms with van der Waals surface area (Å²) in [4.78, 5) is 11.8. The molecule has 0 aromatic heterocycles. The van der Waals surface area contributed by atoms with E-state index >= 15 is 0 Å². The molecule has 0 fully saturated rings. The monoisotopic (exact) mass is 360 g/mol. The van der Waals surface area contributed by atoms with E-state index in [1.54, 1.807) is 13.3 Å². The number of hydrazone groups is 1. The van der Waals surface area contributed by atoms with Gasteiger partial charge in [-0.05, 0) is 30.2 Å². The first-order valence-electron chi connectivity index (χ1n) is 6.88. The molecule has 2 aromatic carbocycles. The van der Waals surface area contributed by atoms with Crippen LogP contribution in [0.1, 0.15) is 17.5 Å². The highest BCUT2D eigenvalue weighted by Crippen LogP contribution is 2.21. The van der Waals surface area contributed by atoms with E-state index in [4.69, 9.17) is 4.74 Å². The van der Waals surface area contributed by atoms with Crippen molar-refractivity contribution in [3.05, 3.63) is 64.1 Å². The lowest BCUT2D eigenvalue weighted by Gasteiger charge is -2.04. The number of hydrogen-bond donors (Lipinski definition) is 1. The van der Waals surface area contributed by atoms with Gasteiger partial charge >= 0.3 is 0 Å². The van der Waals surface area contributed by atoms with E-state index in [1.807, 2.05) is 48.5 Å². The number of amides is 1. The maximum Gasteiger partial charge on any atom is 0.240 e. The van der Waals surface area contributed by atoms with Crippen molar-refractivity contribution in [3.8, 4) is 5.75 Å². The first-order valence-corrected chi connectivity index (χ1v) is 7.67. The Bertz CT molecular complexity index is 657. The van der Waals surface area contributed by atoms with Crippen molar-refractivity contribution in [2.24, 2.45) is 5.10 Å². The molecule has 22 heavy (non-hydrogen) atoms. The predicted octanol–water partition coefficient (Wildman–Crippen LogP) is 3.54. The minimum Gasteiger partial charge on any atom is -0.496 e. The van der Waals surface area contributed by atoms with Crippen LogP contribution in [-0.2, 0) is 11.2 Å². The number of nitrogens with one attached hydrogen (secondary N) is 1. The fraction of sp³-hybridized carbons (Fsp3) is 0.176. The van der Waals surface area contributed by atoms with Gasteiger partial charge in [-0.2, -0.15) is 5.10 Å². The Morgan fingerprint density at radius 2 is 2.05 bits per heavy atom.